The van der Waals surface area contributed by atoms with E-state index >= 15 is 0 Å². The molecule has 0 aliphatic carbocycles. The summed E-state index contributed by atoms with van der Waals surface area (Å²) in [7, 11) is 5.51. The number of likely N-dealkylation sites (N-methyl/N-ethyl adjacent to an activating group) is 1. The summed E-state index contributed by atoms with van der Waals surface area (Å²) in [5.41, 5.74) is 1.41. The molecule has 0 bridgehead atoms. The van der Waals surface area contributed by atoms with Crippen molar-refractivity contribution in [2.75, 3.05) is 39.2 Å². The van der Waals surface area contributed by atoms with Gasteiger partial charge in [0.1, 0.15) is 12.4 Å². The fourth-order valence-electron chi connectivity index (χ4n) is 2.52. The number of para-hydroxylation sites is 1. The highest BCUT2D eigenvalue weighted by Crippen LogP contribution is 2.19. The first-order valence-electron chi connectivity index (χ1n) is 8.68. The molecule has 1 aromatic heterocycles. The number of anilines is 1. The molecule has 7 nitrogen and oxygen atoms in total. The molecule has 1 N–H and O–H groups in total. The minimum Gasteiger partial charge on any atom is -0.492 e. The van der Waals surface area contributed by atoms with Crippen molar-refractivity contribution in [2.45, 2.75) is 0 Å². The second-order valence-electron chi connectivity index (χ2n) is 6.35. The second kappa shape index (κ2) is 8.35. The van der Waals surface area contributed by atoms with Crippen LogP contribution in [0.3, 0.4) is 0 Å². The van der Waals surface area contributed by atoms with Crippen molar-refractivity contribution < 1.29 is 9.53 Å². The summed E-state index contributed by atoms with van der Waals surface area (Å²) in [6.45, 7) is 0.922. The average molecular weight is 365 g/mol. The van der Waals surface area contributed by atoms with Crippen LogP contribution in [0.15, 0.2) is 54.6 Å². The van der Waals surface area contributed by atoms with Crippen LogP contribution in [0.2, 0.25) is 0 Å². The first-order chi connectivity index (χ1) is 13.0. The number of aromatic amines is 1. The number of nitrogens with zero attached hydrogens (tertiary/aromatic N) is 4. The van der Waals surface area contributed by atoms with E-state index in [0.29, 0.717) is 30.5 Å². The standard InChI is InChI=1S/C20H23N5O2/c1-24(2)20-21-18(22-23-20)15-8-7-9-16(14-15)19(26)25(3)12-13-27-17-10-5-4-6-11-17/h4-11,14H,12-13H2,1-3H3,(H,21,22,23). The van der Waals surface area contributed by atoms with Gasteiger partial charge in [-0.15, -0.1) is 5.10 Å². The van der Waals surface area contributed by atoms with Crippen molar-refractivity contribution in [1.82, 2.24) is 20.1 Å². The Hall–Kier alpha value is -3.35. The first-order valence-corrected chi connectivity index (χ1v) is 8.68. The van der Waals surface area contributed by atoms with Crippen LogP contribution in [0.1, 0.15) is 10.4 Å². The summed E-state index contributed by atoms with van der Waals surface area (Å²) >= 11 is 0. The van der Waals surface area contributed by atoms with Crippen LogP contribution in [0, 0.1) is 0 Å². The molecule has 0 aliphatic rings. The van der Waals surface area contributed by atoms with Crippen LogP contribution in [-0.4, -0.2) is 60.3 Å². The zero-order valence-electron chi connectivity index (χ0n) is 15.7. The quantitative estimate of drug-likeness (QED) is 0.697. The molecule has 1 amide bonds. The average Bonchev–Trinajstić information content (AvgIpc) is 3.19. The highest BCUT2D eigenvalue weighted by Gasteiger charge is 2.14. The SMILES string of the molecule is CN(CCOc1ccccc1)C(=O)c1cccc(-c2nc(N(C)C)n[nH]2)c1. The number of amides is 1. The zero-order chi connectivity index (χ0) is 19.2. The molecule has 0 fully saturated rings. The van der Waals surface area contributed by atoms with Crippen molar-refractivity contribution in [3.63, 3.8) is 0 Å². The van der Waals surface area contributed by atoms with Gasteiger partial charge in [-0.2, -0.15) is 4.98 Å². The predicted molar refractivity (Wildman–Crippen MR) is 105 cm³/mol. The molecule has 1 heterocycles. The number of hydrogen-bond donors (Lipinski definition) is 1. The highest BCUT2D eigenvalue weighted by molar-refractivity contribution is 5.95. The van der Waals surface area contributed by atoms with Crippen LogP contribution in [0.25, 0.3) is 11.4 Å². The number of rotatable bonds is 7. The van der Waals surface area contributed by atoms with Crippen molar-refractivity contribution >= 4 is 11.9 Å². The summed E-state index contributed by atoms with van der Waals surface area (Å²) in [5, 5.41) is 7.05. The third-order valence-corrected chi connectivity index (χ3v) is 4.04. The molecule has 0 saturated carbocycles. The number of carbonyl (C=O) groups excluding carboxylic acids is 1. The molecule has 0 atom stereocenters. The van der Waals surface area contributed by atoms with Crippen LogP contribution in [0.4, 0.5) is 5.95 Å². The lowest BCUT2D eigenvalue weighted by Gasteiger charge is -2.18. The lowest BCUT2D eigenvalue weighted by molar-refractivity contribution is 0.0774. The minimum atomic E-state index is -0.0686. The summed E-state index contributed by atoms with van der Waals surface area (Å²) in [5.74, 6) is 1.95. The third kappa shape index (κ3) is 4.63. The van der Waals surface area contributed by atoms with Crippen LogP contribution >= 0.6 is 0 Å². The molecule has 3 aromatic rings. The lowest BCUT2D eigenvalue weighted by atomic mass is 10.1. The van der Waals surface area contributed by atoms with E-state index in [-0.39, 0.29) is 5.91 Å². The van der Waals surface area contributed by atoms with Gasteiger partial charge in [0.25, 0.3) is 5.91 Å². The number of carbonyl (C=O) groups is 1. The van der Waals surface area contributed by atoms with Gasteiger partial charge >= 0.3 is 0 Å². The van der Waals surface area contributed by atoms with Gasteiger partial charge in [0.15, 0.2) is 5.82 Å². The van der Waals surface area contributed by atoms with Gasteiger partial charge in [0, 0.05) is 32.3 Å². The van der Waals surface area contributed by atoms with E-state index in [1.54, 1.807) is 18.0 Å². The van der Waals surface area contributed by atoms with Gasteiger partial charge in [-0.3, -0.25) is 9.89 Å². The zero-order valence-corrected chi connectivity index (χ0v) is 15.7. The number of hydrogen-bond acceptors (Lipinski definition) is 5. The van der Waals surface area contributed by atoms with E-state index < -0.39 is 0 Å². The monoisotopic (exact) mass is 365 g/mol. The highest BCUT2D eigenvalue weighted by atomic mass is 16.5. The van der Waals surface area contributed by atoms with Gasteiger partial charge in [-0.05, 0) is 24.3 Å². The molecular formula is C20H23N5O2. The normalized spacial score (nSPS) is 10.5. The van der Waals surface area contributed by atoms with Crippen LogP contribution < -0.4 is 9.64 Å². The molecule has 3 rings (SSSR count). The van der Waals surface area contributed by atoms with E-state index in [1.165, 1.54) is 0 Å². The molecule has 7 heteroatoms. The fourth-order valence-corrected chi connectivity index (χ4v) is 2.52. The molecule has 27 heavy (non-hydrogen) atoms. The number of aromatic nitrogens is 3. The van der Waals surface area contributed by atoms with E-state index in [2.05, 4.69) is 15.2 Å². The maximum atomic E-state index is 12.7. The third-order valence-electron chi connectivity index (χ3n) is 4.04. The summed E-state index contributed by atoms with van der Waals surface area (Å²) in [6.07, 6.45) is 0. The summed E-state index contributed by atoms with van der Waals surface area (Å²) < 4.78 is 5.66. The van der Waals surface area contributed by atoms with Crippen molar-refractivity contribution in [3.8, 4) is 17.1 Å². The topological polar surface area (TPSA) is 74.3 Å². The van der Waals surface area contributed by atoms with Gasteiger partial charge in [-0.1, -0.05) is 30.3 Å². The number of nitrogens with one attached hydrogen (secondary N) is 1. The lowest BCUT2D eigenvalue weighted by Crippen LogP contribution is -2.30. The van der Waals surface area contributed by atoms with Crippen LogP contribution in [-0.2, 0) is 0 Å². The van der Waals surface area contributed by atoms with E-state index in [0.717, 1.165) is 11.3 Å². The Morgan fingerprint density at radius 2 is 1.85 bits per heavy atom. The summed E-state index contributed by atoms with van der Waals surface area (Å²) in [4.78, 5) is 20.6. The first kappa shape index (κ1) is 18.4. The molecule has 2 aromatic carbocycles. The molecule has 0 saturated heterocycles. The van der Waals surface area contributed by atoms with Gasteiger partial charge < -0.3 is 14.5 Å². The van der Waals surface area contributed by atoms with Crippen molar-refractivity contribution in [1.29, 1.82) is 0 Å². The Labute approximate surface area is 158 Å². The number of benzene rings is 2. The smallest absolute Gasteiger partial charge is 0.253 e. The maximum Gasteiger partial charge on any atom is 0.253 e. The largest absolute Gasteiger partial charge is 0.492 e. The van der Waals surface area contributed by atoms with E-state index in [4.69, 9.17) is 4.74 Å². The van der Waals surface area contributed by atoms with Crippen molar-refractivity contribution in [3.05, 3.63) is 60.2 Å². The van der Waals surface area contributed by atoms with Crippen LogP contribution in [0.5, 0.6) is 5.75 Å². The van der Waals surface area contributed by atoms with Gasteiger partial charge in [-0.25, -0.2) is 0 Å². The Kier molecular flexibility index (Phi) is 5.71. The van der Waals surface area contributed by atoms with Gasteiger partial charge in [0.05, 0.1) is 6.54 Å². The number of H-pyrrole nitrogens is 1. The molecular weight excluding hydrogens is 342 g/mol. The molecule has 0 radical (unpaired) electrons. The fraction of sp³-hybridized carbons (Fsp3) is 0.250. The predicted octanol–water partition coefficient (Wildman–Crippen LogP) is 2.69. The Balaban J connectivity index is 1.63. The maximum absolute atomic E-state index is 12.7. The second-order valence-corrected chi connectivity index (χ2v) is 6.35. The minimum absolute atomic E-state index is 0.0686. The Morgan fingerprint density at radius 3 is 2.56 bits per heavy atom. The Bertz CT molecular complexity index is 892. The van der Waals surface area contributed by atoms with Gasteiger partial charge in [0.2, 0.25) is 5.95 Å². The van der Waals surface area contributed by atoms with E-state index in [1.807, 2.05) is 67.5 Å². The summed E-state index contributed by atoms with van der Waals surface area (Å²) in [6, 6.07) is 16.9. The molecule has 0 unspecified atom stereocenters. The van der Waals surface area contributed by atoms with Crippen molar-refractivity contribution in [2.24, 2.45) is 0 Å². The van der Waals surface area contributed by atoms with E-state index in [9.17, 15) is 4.79 Å². The molecule has 0 spiro atoms. The Morgan fingerprint density at radius 1 is 1.07 bits per heavy atom. The number of ether oxygens (including phenoxy) is 1. The molecule has 140 valence electrons. The molecule has 0 aliphatic heterocycles.